The molecule has 0 aromatic heterocycles. The van der Waals surface area contributed by atoms with E-state index in [2.05, 4.69) is 48.8 Å². The zero-order valence-electron chi connectivity index (χ0n) is 9.86. The fourth-order valence-corrected chi connectivity index (χ4v) is 1.06. The third-order valence-corrected chi connectivity index (χ3v) is 3.66. The largest absolute Gasteiger partial charge is 0.372 e. The van der Waals surface area contributed by atoms with Crippen molar-refractivity contribution in [2.75, 3.05) is 28.3 Å². The van der Waals surface area contributed by atoms with Crippen molar-refractivity contribution in [3.8, 4) is 0 Å². The van der Waals surface area contributed by atoms with Gasteiger partial charge in [0.25, 0.3) is 0 Å². The number of quaternary nitrogens is 1. The zero-order valence-corrected chi connectivity index (χ0v) is 9.86. The van der Waals surface area contributed by atoms with Gasteiger partial charge in [0.1, 0.15) is 11.1 Å². The molecule has 0 radical (unpaired) electrons. The van der Waals surface area contributed by atoms with Gasteiger partial charge in [0.2, 0.25) is 0 Å². The Bertz CT molecular complexity index is 154. The lowest BCUT2D eigenvalue weighted by Gasteiger charge is -2.50. The molecule has 2 heteroatoms. The predicted molar refractivity (Wildman–Crippen MR) is 53.2 cm³/mol. The van der Waals surface area contributed by atoms with Crippen LogP contribution < -0.4 is 0 Å². The maximum Gasteiger partial charge on any atom is 0.122 e. The third kappa shape index (κ3) is 1.80. The highest BCUT2D eigenvalue weighted by atomic mass is 16.5. The van der Waals surface area contributed by atoms with E-state index < -0.39 is 0 Å². The summed E-state index contributed by atoms with van der Waals surface area (Å²) in [5.74, 6) is 0. The van der Waals surface area contributed by atoms with Crippen molar-refractivity contribution in [3.63, 3.8) is 0 Å². The molecule has 0 amide bonds. The lowest BCUT2D eigenvalue weighted by atomic mass is 9.83. The van der Waals surface area contributed by atoms with Gasteiger partial charge in [0.15, 0.2) is 0 Å². The van der Waals surface area contributed by atoms with Crippen LogP contribution in [0.15, 0.2) is 0 Å². The fourth-order valence-electron chi connectivity index (χ4n) is 1.06. The Kier molecular flexibility index (Phi) is 2.98. The molecule has 0 aliphatic heterocycles. The Morgan fingerprint density at radius 1 is 0.917 bits per heavy atom. The van der Waals surface area contributed by atoms with Gasteiger partial charge in [-0.1, -0.05) is 0 Å². The van der Waals surface area contributed by atoms with Gasteiger partial charge in [-0.25, -0.2) is 0 Å². The molecule has 0 spiro atoms. The molecule has 74 valence electrons. The molecule has 0 fully saturated rings. The molecule has 0 aromatic rings. The van der Waals surface area contributed by atoms with E-state index in [1.165, 1.54) is 0 Å². The minimum atomic E-state index is -0.106. The van der Waals surface area contributed by atoms with Crippen molar-refractivity contribution in [2.24, 2.45) is 0 Å². The zero-order chi connectivity index (χ0) is 10.2. The van der Waals surface area contributed by atoms with E-state index in [4.69, 9.17) is 4.74 Å². The lowest BCUT2D eigenvalue weighted by Crippen LogP contribution is -2.64. The Morgan fingerprint density at radius 2 is 1.25 bits per heavy atom. The summed E-state index contributed by atoms with van der Waals surface area (Å²) >= 11 is 0. The summed E-state index contributed by atoms with van der Waals surface area (Å²) in [5, 5.41) is 0. The summed E-state index contributed by atoms with van der Waals surface area (Å²) in [6.45, 7) is 8.74. The van der Waals surface area contributed by atoms with Crippen LogP contribution in [0.1, 0.15) is 27.7 Å². The van der Waals surface area contributed by atoms with E-state index >= 15 is 0 Å². The van der Waals surface area contributed by atoms with Crippen molar-refractivity contribution in [1.29, 1.82) is 0 Å². The highest BCUT2D eigenvalue weighted by Crippen LogP contribution is 2.32. The first-order chi connectivity index (χ1) is 5.06. The molecule has 0 aliphatic rings. The minimum absolute atomic E-state index is 0.0990. The van der Waals surface area contributed by atoms with E-state index in [1.54, 1.807) is 7.11 Å². The van der Waals surface area contributed by atoms with Crippen molar-refractivity contribution in [2.45, 2.75) is 38.8 Å². The number of rotatable bonds is 3. The van der Waals surface area contributed by atoms with Crippen LogP contribution in [0.4, 0.5) is 0 Å². The van der Waals surface area contributed by atoms with Crippen LogP contribution in [0, 0.1) is 0 Å². The molecular weight excluding hydrogens is 150 g/mol. The molecule has 0 aliphatic carbocycles. The summed E-state index contributed by atoms with van der Waals surface area (Å²) in [4.78, 5) is 0. The van der Waals surface area contributed by atoms with Gasteiger partial charge in [-0.05, 0) is 27.7 Å². The van der Waals surface area contributed by atoms with Gasteiger partial charge in [-0.3, -0.25) is 0 Å². The van der Waals surface area contributed by atoms with Crippen molar-refractivity contribution < 1.29 is 9.22 Å². The smallest absolute Gasteiger partial charge is 0.122 e. The number of ether oxygens (including phenoxy) is 1. The molecule has 0 rings (SSSR count). The Balaban J connectivity index is 4.85. The van der Waals surface area contributed by atoms with Crippen LogP contribution in [-0.4, -0.2) is 43.9 Å². The van der Waals surface area contributed by atoms with E-state index in [-0.39, 0.29) is 11.1 Å². The quantitative estimate of drug-likeness (QED) is 0.594. The number of hydrogen-bond acceptors (Lipinski definition) is 1. The molecule has 0 atom stereocenters. The maximum atomic E-state index is 5.51. The van der Waals surface area contributed by atoms with Crippen LogP contribution in [0.25, 0.3) is 0 Å². The van der Waals surface area contributed by atoms with Crippen LogP contribution in [0.2, 0.25) is 0 Å². The Labute approximate surface area is 77.1 Å². The third-order valence-electron chi connectivity index (χ3n) is 3.66. The lowest BCUT2D eigenvalue weighted by molar-refractivity contribution is -0.927. The summed E-state index contributed by atoms with van der Waals surface area (Å²) in [6, 6.07) is 0. The first-order valence-corrected chi connectivity index (χ1v) is 4.43. The first kappa shape index (κ1) is 11.9. The SMILES string of the molecule is COC(C)(C)C(C)(C)[N+](C)(C)C. The molecule has 0 unspecified atom stereocenters. The monoisotopic (exact) mass is 174 g/mol. The minimum Gasteiger partial charge on any atom is -0.372 e. The number of likely N-dealkylation sites (N-methyl/N-ethyl adjacent to an activating group) is 1. The summed E-state index contributed by atoms with van der Waals surface area (Å²) in [6.07, 6.45) is 0. The highest BCUT2D eigenvalue weighted by Gasteiger charge is 2.47. The van der Waals surface area contributed by atoms with Gasteiger partial charge in [0.05, 0.1) is 21.1 Å². The molecule has 12 heavy (non-hydrogen) atoms. The fraction of sp³-hybridized carbons (Fsp3) is 1.00. The van der Waals surface area contributed by atoms with Crippen LogP contribution >= 0.6 is 0 Å². The van der Waals surface area contributed by atoms with Gasteiger partial charge in [-0.2, -0.15) is 0 Å². The topological polar surface area (TPSA) is 9.23 Å². The van der Waals surface area contributed by atoms with E-state index in [0.717, 1.165) is 4.48 Å². The average molecular weight is 174 g/mol. The summed E-state index contributed by atoms with van der Waals surface area (Å²) in [5.41, 5.74) is -0.00694. The van der Waals surface area contributed by atoms with Crippen LogP contribution in [0.5, 0.6) is 0 Å². The molecule has 0 saturated carbocycles. The normalized spacial score (nSPS) is 15.0. The van der Waals surface area contributed by atoms with E-state index in [9.17, 15) is 0 Å². The summed E-state index contributed by atoms with van der Waals surface area (Å²) in [7, 11) is 8.36. The van der Waals surface area contributed by atoms with Crippen molar-refractivity contribution in [1.82, 2.24) is 0 Å². The number of methoxy groups -OCH3 is 1. The van der Waals surface area contributed by atoms with Crippen molar-refractivity contribution in [3.05, 3.63) is 0 Å². The van der Waals surface area contributed by atoms with E-state index in [1.807, 2.05) is 0 Å². The van der Waals surface area contributed by atoms with Crippen molar-refractivity contribution >= 4 is 0 Å². The van der Waals surface area contributed by atoms with Crippen LogP contribution in [0.3, 0.4) is 0 Å². The molecule has 2 nitrogen and oxygen atoms in total. The Morgan fingerprint density at radius 3 is 1.33 bits per heavy atom. The molecule has 0 heterocycles. The molecule has 0 N–H and O–H groups in total. The summed E-state index contributed by atoms with van der Waals surface area (Å²) < 4.78 is 6.41. The second-order valence-corrected chi connectivity index (χ2v) is 5.29. The first-order valence-electron chi connectivity index (χ1n) is 4.43. The Hall–Kier alpha value is -0.0800. The second-order valence-electron chi connectivity index (χ2n) is 5.29. The highest BCUT2D eigenvalue weighted by molar-refractivity contribution is 4.88. The van der Waals surface area contributed by atoms with Gasteiger partial charge >= 0.3 is 0 Å². The standard InChI is InChI=1S/C10H24NO/c1-9(2,11(5,6)7)10(3,4)12-8/h1-8H3/q+1. The molecule has 0 aromatic carbocycles. The van der Waals surface area contributed by atoms with Gasteiger partial charge in [-0.15, -0.1) is 0 Å². The second kappa shape index (κ2) is 3.00. The van der Waals surface area contributed by atoms with Crippen LogP contribution in [-0.2, 0) is 4.74 Å². The van der Waals surface area contributed by atoms with Gasteiger partial charge < -0.3 is 9.22 Å². The predicted octanol–water partition coefficient (Wildman–Crippen LogP) is 1.90. The van der Waals surface area contributed by atoms with E-state index in [0.29, 0.717) is 0 Å². The van der Waals surface area contributed by atoms with Gasteiger partial charge in [0, 0.05) is 7.11 Å². The molecule has 0 bridgehead atoms. The average Bonchev–Trinajstić information content (AvgIpc) is 1.85. The molecule has 0 saturated heterocycles. The molecular formula is C10H24NO+. The maximum absolute atomic E-state index is 5.51. The number of hydrogen-bond donors (Lipinski definition) is 0. The number of nitrogens with zero attached hydrogens (tertiary/aromatic N) is 1.